The van der Waals surface area contributed by atoms with E-state index in [0.717, 1.165) is 17.1 Å². The minimum atomic E-state index is -1.18. The Hall–Kier alpha value is -2.14. The molecule has 0 fully saturated rings. The topological polar surface area (TPSA) is 74.7 Å². The first kappa shape index (κ1) is 12.9. The summed E-state index contributed by atoms with van der Waals surface area (Å²) in [6, 6.07) is 5.87. The Labute approximate surface area is 103 Å². The molecular weight excluding hydrogens is 246 g/mol. The highest BCUT2D eigenvalue weighted by Gasteiger charge is 2.28. The highest BCUT2D eigenvalue weighted by molar-refractivity contribution is 6.29. The lowest BCUT2D eigenvalue weighted by molar-refractivity contribution is -0.119. The van der Waals surface area contributed by atoms with E-state index >= 15 is 0 Å². The van der Waals surface area contributed by atoms with Crippen molar-refractivity contribution in [2.24, 2.45) is 0 Å². The fourth-order valence-corrected chi connectivity index (χ4v) is 1.49. The minimum Gasteiger partial charge on any atom is -0.478 e. The highest BCUT2D eigenvalue weighted by atomic mass is 35.5. The molecule has 1 aromatic rings. The number of para-hydroxylation sites is 1. The Balaban J connectivity index is 0.00000144. The molecule has 0 radical (unpaired) electrons. The standard InChI is InChI=1S/C11H7NO4.ClH/c13-9-5-6-10(14)12(9)8-4-2-1-3-7(8)11(15)16;/h1-6H,(H,15,16);1H. The van der Waals surface area contributed by atoms with Crippen LogP contribution in [0.3, 0.4) is 0 Å². The quantitative estimate of drug-likeness (QED) is 0.805. The van der Waals surface area contributed by atoms with Gasteiger partial charge in [0, 0.05) is 12.2 Å². The van der Waals surface area contributed by atoms with Crippen LogP contribution in [0.15, 0.2) is 36.4 Å². The summed E-state index contributed by atoms with van der Waals surface area (Å²) in [5.41, 5.74) is 0.0166. The number of carbonyl (C=O) groups is 3. The second kappa shape index (κ2) is 4.80. The van der Waals surface area contributed by atoms with E-state index in [0.29, 0.717) is 0 Å². The van der Waals surface area contributed by atoms with Crippen molar-refractivity contribution in [3.8, 4) is 0 Å². The van der Waals surface area contributed by atoms with Gasteiger partial charge in [0.2, 0.25) is 0 Å². The fourth-order valence-electron chi connectivity index (χ4n) is 1.49. The number of carboxylic acids is 1. The van der Waals surface area contributed by atoms with E-state index in [-0.39, 0.29) is 23.7 Å². The van der Waals surface area contributed by atoms with E-state index in [1.165, 1.54) is 18.2 Å². The van der Waals surface area contributed by atoms with E-state index in [9.17, 15) is 14.4 Å². The summed E-state index contributed by atoms with van der Waals surface area (Å²) in [5.74, 6) is -2.24. The first-order valence-electron chi connectivity index (χ1n) is 4.49. The maximum absolute atomic E-state index is 11.4. The number of anilines is 1. The molecule has 0 atom stereocenters. The number of imide groups is 1. The predicted molar refractivity (Wildman–Crippen MR) is 62.3 cm³/mol. The van der Waals surface area contributed by atoms with E-state index in [1.54, 1.807) is 6.07 Å². The van der Waals surface area contributed by atoms with Crippen LogP contribution in [-0.4, -0.2) is 22.9 Å². The van der Waals surface area contributed by atoms with Crippen molar-refractivity contribution < 1.29 is 19.5 Å². The molecule has 5 nitrogen and oxygen atoms in total. The molecule has 0 unspecified atom stereocenters. The third kappa shape index (κ3) is 2.19. The minimum absolute atomic E-state index is 0. The normalized spacial score (nSPS) is 13.8. The van der Waals surface area contributed by atoms with Crippen molar-refractivity contribution in [1.29, 1.82) is 0 Å². The number of halogens is 1. The maximum atomic E-state index is 11.4. The average Bonchev–Trinajstić information content (AvgIpc) is 2.58. The second-order valence-corrected chi connectivity index (χ2v) is 3.17. The van der Waals surface area contributed by atoms with Gasteiger partial charge in [-0.05, 0) is 12.1 Å². The average molecular weight is 254 g/mol. The molecule has 0 spiro atoms. The van der Waals surface area contributed by atoms with E-state index < -0.39 is 17.8 Å². The molecule has 6 heteroatoms. The van der Waals surface area contributed by atoms with Gasteiger partial charge in [0.25, 0.3) is 11.8 Å². The third-order valence-corrected chi connectivity index (χ3v) is 2.18. The summed E-state index contributed by atoms with van der Waals surface area (Å²) >= 11 is 0. The zero-order valence-electron chi connectivity index (χ0n) is 8.49. The summed E-state index contributed by atoms with van der Waals surface area (Å²) < 4.78 is 0. The SMILES string of the molecule is Cl.O=C(O)c1ccccc1N1C(=O)C=CC1=O. The summed E-state index contributed by atoms with van der Waals surface area (Å²) in [6.07, 6.45) is 2.22. The smallest absolute Gasteiger partial charge is 0.337 e. The molecule has 0 aromatic heterocycles. The predicted octanol–water partition coefficient (Wildman–Crippen LogP) is 1.24. The van der Waals surface area contributed by atoms with Crippen molar-refractivity contribution in [2.75, 3.05) is 4.90 Å². The number of hydrogen-bond acceptors (Lipinski definition) is 3. The van der Waals surface area contributed by atoms with E-state index in [4.69, 9.17) is 5.11 Å². The number of carboxylic acid groups (broad SMARTS) is 1. The van der Waals surface area contributed by atoms with E-state index in [2.05, 4.69) is 0 Å². The van der Waals surface area contributed by atoms with Gasteiger partial charge in [-0.15, -0.1) is 12.4 Å². The van der Waals surface area contributed by atoms with Gasteiger partial charge in [0.15, 0.2) is 0 Å². The molecule has 0 saturated heterocycles. The molecule has 0 saturated carbocycles. The molecule has 88 valence electrons. The zero-order valence-corrected chi connectivity index (χ0v) is 9.31. The van der Waals surface area contributed by atoms with Crippen molar-refractivity contribution in [3.05, 3.63) is 42.0 Å². The van der Waals surface area contributed by atoms with Crippen LogP contribution in [0.1, 0.15) is 10.4 Å². The van der Waals surface area contributed by atoms with Gasteiger partial charge < -0.3 is 5.11 Å². The first-order valence-corrected chi connectivity index (χ1v) is 4.49. The molecule has 1 aliphatic heterocycles. The van der Waals surface area contributed by atoms with Crippen LogP contribution in [0.25, 0.3) is 0 Å². The number of rotatable bonds is 2. The van der Waals surface area contributed by atoms with Crippen LogP contribution in [0.5, 0.6) is 0 Å². The third-order valence-electron chi connectivity index (χ3n) is 2.18. The molecule has 2 amide bonds. The lowest BCUT2D eigenvalue weighted by Gasteiger charge is -2.15. The molecule has 1 aliphatic rings. The van der Waals surface area contributed by atoms with Crippen LogP contribution in [0, 0.1) is 0 Å². The van der Waals surface area contributed by atoms with Crippen LogP contribution in [-0.2, 0) is 9.59 Å². The lowest BCUT2D eigenvalue weighted by atomic mass is 10.1. The number of hydrogen-bond donors (Lipinski definition) is 1. The molecule has 17 heavy (non-hydrogen) atoms. The molecule has 0 bridgehead atoms. The summed E-state index contributed by atoms with van der Waals surface area (Å²) in [5, 5.41) is 8.93. The molecule has 1 N–H and O–H groups in total. The van der Waals surface area contributed by atoms with Crippen molar-refractivity contribution in [1.82, 2.24) is 0 Å². The monoisotopic (exact) mass is 253 g/mol. The number of aromatic carboxylic acids is 1. The Bertz CT molecular complexity index is 506. The Morgan fingerprint density at radius 2 is 1.59 bits per heavy atom. The van der Waals surface area contributed by atoms with Crippen LogP contribution < -0.4 is 4.90 Å². The van der Waals surface area contributed by atoms with Gasteiger partial charge in [-0.25, -0.2) is 9.69 Å². The molecule has 1 heterocycles. The van der Waals surface area contributed by atoms with Crippen LogP contribution in [0.4, 0.5) is 5.69 Å². The van der Waals surface area contributed by atoms with Gasteiger partial charge in [-0.2, -0.15) is 0 Å². The zero-order chi connectivity index (χ0) is 11.7. The summed E-state index contributed by atoms with van der Waals surface area (Å²) in [6.45, 7) is 0. The second-order valence-electron chi connectivity index (χ2n) is 3.17. The number of carbonyl (C=O) groups excluding carboxylic acids is 2. The summed E-state index contributed by atoms with van der Waals surface area (Å²) in [7, 11) is 0. The van der Waals surface area contributed by atoms with Crippen molar-refractivity contribution in [2.45, 2.75) is 0 Å². The largest absolute Gasteiger partial charge is 0.478 e. The van der Waals surface area contributed by atoms with Gasteiger partial charge in [0.05, 0.1) is 11.3 Å². The van der Waals surface area contributed by atoms with E-state index in [1.807, 2.05) is 0 Å². The van der Waals surface area contributed by atoms with Gasteiger partial charge in [0.1, 0.15) is 0 Å². The van der Waals surface area contributed by atoms with Crippen molar-refractivity contribution in [3.63, 3.8) is 0 Å². The van der Waals surface area contributed by atoms with Gasteiger partial charge in [-0.1, -0.05) is 12.1 Å². The van der Waals surface area contributed by atoms with Crippen LogP contribution in [0.2, 0.25) is 0 Å². The van der Waals surface area contributed by atoms with Gasteiger partial charge in [-0.3, -0.25) is 9.59 Å². The first-order chi connectivity index (χ1) is 7.61. The van der Waals surface area contributed by atoms with Gasteiger partial charge >= 0.3 is 5.97 Å². The Morgan fingerprint density at radius 1 is 1.06 bits per heavy atom. The summed E-state index contributed by atoms with van der Waals surface area (Å²) in [4.78, 5) is 34.5. The fraction of sp³-hybridized carbons (Fsp3) is 0. The molecular formula is C11H8ClNO4. The number of amides is 2. The Kier molecular flexibility index (Phi) is 3.65. The lowest BCUT2D eigenvalue weighted by Crippen LogP contribution is -2.31. The van der Waals surface area contributed by atoms with Crippen molar-refractivity contribution >= 4 is 35.9 Å². The molecule has 0 aliphatic carbocycles. The molecule has 1 aromatic carbocycles. The highest BCUT2D eigenvalue weighted by Crippen LogP contribution is 2.23. The number of nitrogens with zero attached hydrogens (tertiary/aromatic N) is 1. The molecule has 2 rings (SSSR count). The number of benzene rings is 1. The maximum Gasteiger partial charge on any atom is 0.337 e. The Morgan fingerprint density at radius 3 is 2.12 bits per heavy atom. The van der Waals surface area contributed by atoms with Crippen LogP contribution >= 0.6 is 12.4 Å².